The van der Waals surface area contributed by atoms with E-state index in [1.807, 2.05) is 0 Å². The van der Waals surface area contributed by atoms with Crippen molar-refractivity contribution in [3.05, 3.63) is 27.7 Å². The quantitative estimate of drug-likeness (QED) is 0.634. The molecule has 0 N–H and O–H groups in total. The number of halogens is 4. The van der Waals surface area contributed by atoms with Gasteiger partial charge < -0.3 is 4.74 Å². The average Bonchev–Trinajstić information content (AvgIpc) is 2.21. The topological polar surface area (TPSA) is 39.2 Å². The molecule has 7 heteroatoms. The third-order valence-electron chi connectivity index (χ3n) is 1.90. The zero-order valence-electron chi connectivity index (χ0n) is 8.84. The Hall–Kier alpha value is -1.11. The van der Waals surface area contributed by atoms with E-state index >= 15 is 0 Å². The zero-order chi connectivity index (χ0) is 13.0. The molecule has 0 saturated heterocycles. The Morgan fingerprint density at radius 2 is 2.24 bits per heavy atom. The van der Waals surface area contributed by atoms with Crippen LogP contribution < -0.4 is 0 Å². The van der Waals surface area contributed by atoms with Crippen LogP contribution >= 0.6 is 15.9 Å². The fourth-order valence-electron chi connectivity index (χ4n) is 1.24. The maximum Gasteiger partial charge on any atom is 0.310 e. The molecule has 94 valence electrons. The molecule has 17 heavy (non-hydrogen) atoms. The van der Waals surface area contributed by atoms with Crippen molar-refractivity contribution in [2.75, 3.05) is 6.61 Å². The highest BCUT2D eigenvalue weighted by molar-refractivity contribution is 9.10. The fourth-order valence-corrected chi connectivity index (χ4v) is 1.77. The molecule has 0 radical (unpaired) electrons. The van der Waals surface area contributed by atoms with Crippen molar-refractivity contribution in [1.29, 1.82) is 0 Å². The Kier molecular flexibility index (Phi) is 4.92. The van der Waals surface area contributed by atoms with Crippen molar-refractivity contribution in [2.45, 2.75) is 19.8 Å². The zero-order valence-corrected chi connectivity index (χ0v) is 10.4. The van der Waals surface area contributed by atoms with Gasteiger partial charge in [0, 0.05) is 16.1 Å². The number of rotatable bonds is 4. The van der Waals surface area contributed by atoms with E-state index in [2.05, 4.69) is 25.7 Å². The summed E-state index contributed by atoms with van der Waals surface area (Å²) in [6.45, 7) is 1.75. The Morgan fingerprint density at radius 1 is 1.59 bits per heavy atom. The molecule has 1 aromatic rings. The summed E-state index contributed by atoms with van der Waals surface area (Å²) in [5.41, 5.74) is -0.801. The number of esters is 1. The molecule has 1 aromatic heterocycles. The predicted molar refractivity (Wildman–Crippen MR) is 57.2 cm³/mol. The van der Waals surface area contributed by atoms with E-state index in [9.17, 15) is 18.0 Å². The van der Waals surface area contributed by atoms with Crippen molar-refractivity contribution >= 4 is 21.9 Å². The first-order valence-corrected chi connectivity index (χ1v) is 5.53. The summed E-state index contributed by atoms with van der Waals surface area (Å²) in [6, 6.07) is 0.931. The molecule has 0 amide bonds. The summed E-state index contributed by atoms with van der Waals surface area (Å²) in [5.74, 6) is -1.69. The normalized spacial score (nSPS) is 10.7. The van der Waals surface area contributed by atoms with Crippen LogP contribution in [-0.2, 0) is 16.0 Å². The molecule has 0 atom stereocenters. The van der Waals surface area contributed by atoms with E-state index in [1.165, 1.54) is 0 Å². The maximum atomic E-state index is 12.9. The second-order valence-electron chi connectivity index (χ2n) is 3.07. The molecule has 0 fully saturated rings. The lowest BCUT2D eigenvalue weighted by atomic mass is 10.1. The third kappa shape index (κ3) is 3.69. The minimum atomic E-state index is -2.95. The molecule has 1 rings (SSSR count). The van der Waals surface area contributed by atoms with Crippen molar-refractivity contribution < 1.29 is 22.7 Å². The second kappa shape index (κ2) is 6.00. The minimum absolute atomic E-state index is 0.0557. The fraction of sp³-hybridized carbons (Fsp3) is 0.400. The maximum absolute atomic E-state index is 12.9. The van der Waals surface area contributed by atoms with Crippen LogP contribution in [-0.4, -0.2) is 17.6 Å². The van der Waals surface area contributed by atoms with Gasteiger partial charge in [-0.1, -0.05) is 15.9 Å². The first-order chi connectivity index (χ1) is 7.95. The number of alkyl halides is 2. The largest absolute Gasteiger partial charge is 0.466 e. The summed E-state index contributed by atoms with van der Waals surface area (Å²) in [4.78, 5) is 14.3. The first kappa shape index (κ1) is 14.0. The van der Waals surface area contributed by atoms with Gasteiger partial charge in [-0.2, -0.15) is 4.39 Å². The predicted octanol–water partition coefficient (Wildman–Crippen LogP) is 3.03. The molecule has 0 aliphatic carbocycles. The van der Waals surface area contributed by atoms with Gasteiger partial charge in [0.2, 0.25) is 5.95 Å². The Bertz CT molecular complexity index is 426. The standard InChI is InChI=1S/C10H9BrF3NO2/c1-2-17-8(16)3-5-6(11)4-7(12)15-9(5)10(13)14/h4,10H,2-3H2,1H3. The summed E-state index contributed by atoms with van der Waals surface area (Å²) >= 11 is 2.92. The van der Waals surface area contributed by atoms with Gasteiger partial charge in [0.1, 0.15) is 5.69 Å². The van der Waals surface area contributed by atoms with Gasteiger partial charge in [-0.25, -0.2) is 13.8 Å². The molecule has 0 spiro atoms. The van der Waals surface area contributed by atoms with E-state index in [0.717, 1.165) is 6.07 Å². The minimum Gasteiger partial charge on any atom is -0.466 e. The van der Waals surface area contributed by atoms with Crippen molar-refractivity contribution in [3.63, 3.8) is 0 Å². The van der Waals surface area contributed by atoms with Crippen LogP contribution in [0.15, 0.2) is 10.5 Å². The molecule has 1 heterocycles. The number of aromatic nitrogens is 1. The van der Waals surface area contributed by atoms with Crippen molar-refractivity contribution in [2.24, 2.45) is 0 Å². The molecule has 0 aromatic carbocycles. The lowest BCUT2D eigenvalue weighted by molar-refractivity contribution is -0.142. The number of ether oxygens (including phenoxy) is 1. The number of carbonyl (C=O) groups excluding carboxylic acids is 1. The molecular weight excluding hydrogens is 303 g/mol. The molecule has 0 bridgehead atoms. The number of carbonyl (C=O) groups is 1. The SMILES string of the molecule is CCOC(=O)Cc1c(Br)cc(F)nc1C(F)F. The number of hydrogen-bond acceptors (Lipinski definition) is 3. The van der Waals surface area contributed by atoms with Crippen LogP contribution in [0.25, 0.3) is 0 Å². The Morgan fingerprint density at radius 3 is 2.76 bits per heavy atom. The molecule has 3 nitrogen and oxygen atoms in total. The van der Waals surface area contributed by atoms with Gasteiger partial charge >= 0.3 is 5.97 Å². The van der Waals surface area contributed by atoms with Crippen molar-refractivity contribution in [1.82, 2.24) is 4.98 Å². The van der Waals surface area contributed by atoms with Crippen LogP contribution in [0.5, 0.6) is 0 Å². The van der Waals surface area contributed by atoms with Crippen LogP contribution in [0.3, 0.4) is 0 Å². The number of pyridine rings is 1. The van der Waals surface area contributed by atoms with Crippen LogP contribution in [0, 0.1) is 5.95 Å². The Balaban J connectivity index is 3.08. The van der Waals surface area contributed by atoms with Gasteiger partial charge in [0.25, 0.3) is 6.43 Å². The molecule has 0 unspecified atom stereocenters. The van der Waals surface area contributed by atoms with Crippen LogP contribution in [0.1, 0.15) is 24.6 Å². The van der Waals surface area contributed by atoms with Gasteiger partial charge in [-0.3, -0.25) is 4.79 Å². The molecule has 0 aliphatic heterocycles. The highest BCUT2D eigenvalue weighted by atomic mass is 79.9. The van der Waals surface area contributed by atoms with E-state index in [-0.39, 0.29) is 23.1 Å². The smallest absolute Gasteiger partial charge is 0.310 e. The van der Waals surface area contributed by atoms with Gasteiger partial charge in [-0.15, -0.1) is 0 Å². The lowest BCUT2D eigenvalue weighted by Gasteiger charge is -2.09. The lowest BCUT2D eigenvalue weighted by Crippen LogP contribution is -2.12. The van der Waals surface area contributed by atoms with E-state index < -0.39 is 24.0 Å². The Labute approximate surface area is 104 Å². The average molecular weight is 312 g/mol. The van der Waals surface area contributed by atoms with E-state index in [4.69, 9.17) is 0 Å². The highest BCUT2D eigenvalue weighted by Gasteiger charge is 2.21. The summed E-state index contributed by atoms with van der Waals surface area (Å²) < 4.78 is 42.8. The van der Waals surface area contributed by atoms with E-state index in [1.54, 1.807) is 6.92 Å². The monoisotopic (exact) mass is 311 g/mol. The molecular formula is C10H9BrF3NO2. The highest BCUT2D eigenvalue weighted by Crippen LogP contribution is 2.28. The number of nitrogens with zero attached hydrogens (tertiary/aromatic N) is 1. The van der Waals surface area contributed by atoms with Gasteiger partial charge in [0.15, 0.2) is 0 Å². The third-order valence-corrected chi connectivity index (χ3v) is 2.61. The number of hydrogen-bond donors (Lipinski definition) is 0. The summed E-state index contributed by atoms with van der Waals surface area (Å²) in [6.07, 6.45) is -3.33. The van der Waals surface area contributed by atoms with Gasteiger partial charge in [-0.05, 0) is 6.92 Å². The van der Waals surface area contributed by atoms with E-state index in [0.29, 0.717) is 0 Å². The van der Waals surface area contributed by atoms with Crippen LogP contribution in [0.4, 0.5) is 13.2 Å². The molecule has 0 aliphatic rings. The van der Waals surface area contributed by atoms with Crippen molar-refractivity contribution in [3.8, 4) is 0 Å². The summed E-state index contributed by atoms with van der Waals surface area (Å²) in [7, 11) is 0. The van der Waals surface area contributed by atoms with Gasteiger partial charge in [0.05, 0.1) is 13.0 Å². The first-order valence-electron chi connectivity index (χ1n) is 4.74. The summed E-state index contributed by atoms with van der Waals surface area (Å²) in [5, 5.41) is 0. The van der Waals surface area contributed by atoms with Crippen LogP contribution in [0.2, 0.25) is 0 Å². The second-order valence-corrected chi connectivity index (χ2v) is 3.93. The molecule has 0 saturated carbocycles.